The summed E-state index contributed by atoms with van der Waals surface area (Å²) < 4.78 is 0. The van der Waals surface area contributed by atoms with Crippen LogP contribution < -0.4 is 5.32 Å². The number of carbonyl (C=O) groups is 2. The summed E-state index contributed by atoms with van der Waals surface area (Å²) in [6.07, 6.45) is 6.60. The summed E-state index contributed by atoms with van der Waals surface area (Å²) in [6.45, 7) is 4.62. The lowest BCUT2D eigenvalue weighted by Gasteiger charge is -2.25. The van der Waals surface area contributed by atoms with E-state index in [0.717, 1.165) is 37.9 Å². The van der Waals surface area contributed by atoms with E-state index in [1.807, 2.05) is 20.9 Å². The van der Waals surface area contributed by atoms with Crippen LogP contribution in [0.1, 0.15) is 48.8 Å². The molecule has 0 radical (unpaired) electrons. The molecule has 1 saturated carbocycles. The molecule has 2 atom stereocenters. The number of carbonyl (C=O) groups excluding carboxylic acids is 2. The normalized spacial score (nSPS) is 20.7. The highest BCUT2D eigenvalue weighted by atomic mass is 16.2. The van der Waals surface area contributed by atoms with Crippen molar-refractivity contribution in [1.29, 1.82) is 0 Å². The summed E-state index contributed by atoms with van der Waals surface area (Å²) in [4.78, 5) is 34.6. The maximum Gasteiger partial charge on any atom is 0.271 e. The van der Waals surface area contributed by atoms with Gasteiger partial charge >= 0.3 is 0 Å². The van der Waals surface area contributed by atoms with Crippen molar-refractivity contribution in [2.24, 2.45) is 5.92 Å². The number of nitrogens with one attached hydrogen (secondary N) is 1. The van der Waals surface area contributed by atoms with E-state index in [9.17, 15) is 9.59 Å². The van der Waals surface area contributed by atoms with Gasteiger partial charge in [-0.2, -0.15) is 0 Å². The van der Waals surface area contributed by atoms with Crippen molar-refractivity contribution in [2.75, 3.05) is 13.6 Å². The third kappa shape index (κ3) is 3.81. The van der Waals surface area contributed by atoms with Crippen LogP contribution >= 0.6 is 0 Å². The van der Waals surface area contributed by atoms with Gasteiger partial charge in [0.1, 0.15) is 5.69 Å². The summed E-state index contributed by atoms with van der Waals surface area (Å²) >= 11 is 0. The molecule has 1 aromatic rings. The Hall–Kier alpha value is -1.98. The molecule has 2 rings (SSSR count). The second-order valence-electron chi connectivity index (χ2n) is 5.92. The fourth-order valence-corrected chi connectivity index (χ4v) is 2.91. The summed E-state index contributed by atoms with van der Waals surface area (Å²) in [7, 11) is 1.83. The molecule has 0 spiro atoms. The van der Waals surface area contributed by atoms with Gasteiger partial charge < -0.3 is 10.2 Å². The van der Waals surface area contributed by atoms with Gasteiger partial charge in [-0.05, 0) is 26.2 Å². The molecular weight excluding hydrogens is 280 g/mol. The molecule has 0 aliphatic heterocycles. The standard InChI is InChI=1S/C16H24N4O2/c1-4-8-20(3)16(22)12-6-5-7-13(12)19-15(21)14-10-17-11(2)9-18-14/h9-10,12-13H,4-8H2,1-3H3,(H,19,21)/t12-,13+/m0/s1. The molecule has 1 heterocycles. The molecule has 0 unspecified atom stereocenters. The smallest absolute Gasteiger partial charge is 0.271 e. The lowest BCUT2D eigenvalue weighted by Crippen LogP contribution is -2.44. The quantitative estimate of drug-likeness (QED) is 0.895. The van der Waals surface area contributed by atoms with Gasteiger partial charge in [-0.1, -0.05) is 13.3 Å². The Kier molecular flexibility index (Phi) is 5.46. The van der Waals surface area contributed by atoms with Crippen molar-refractivity contribution in [3.63, 3.8) is 0 Å². The zero-order valence-electron chi connectivity index (χ0n) is 13.5. The highest BCUT2D eigenvalue weighted by Gasteiger charge is 2.35. The Balaban J connectivity index is 2.00. The predicted octanol–water partition coefficient (Wildman–Crippen LogP) is 1.55. The van der Waals surface area contributed by atoms with E-state index in [1.54, 1.807) is 11.1 Å². The SMILES string of the molecule is CCCN(C)C(=O)[C@H]1CCC[C@H]1NC(=O)c1cnc(C)cn1. The number of hydrogen-bond acceptors (Lipinski definition) is 4. The van der Waals surface area contributed by atoms with E-state index in [0.29, 0.717) is 5.69 Å². The van der Waals surface area contributed by atoms with Gasteiger partial charge in [-0.3, -0.25) is 14.6 Å². The molecule has 22 heavy (non-hydrogen) atoms. The Morgan fingerprint density at radius 3 is 2.73 bits per heavy atom. The van der Waals surface area contributed by atoms with E-state index in [4.69, 9.17) is 0 Å². The van der Waals surface area contributed by atoms with Gasteiger partial charge in [0.15, 0.2) is 0 Å². The predicted molar refractivity (Wildman–Crippen MR) is 83.3 cm³/mol. The van der Waals surface area contributed by atoms with Gasteiger partial charge in [-0.15, -0.1) is 0 Å². The third-order valence-electron chi connectivity index (χ3n) is 4.10. The monoisotopic (exact) mass is 304 g/mol. The zero-order valence-corrected chi connectivity index (χ0v) is 13.5. The number of nitrogens with zero attached hydrogens (tertiary/aromatic N) is 3. The van der Waals surface area contributed by atoms with Crippen molar-refractivity contribution < 1.29 is 9.59 Å². The Bertz CT molecular complexity index is 529. The highest BCUT2D eigenvalue weighted by Crippen LogP contribution is 2.27. The minimum absolute atomic E-state index is 0.109. The first-order valence-electron chi connectivity index (χ1n) is 7.87. The molecule has 6 nitrogen and oxygen atoms in total. The first kappa shape index (κ1) is 16.4. The van der Waals surface area contributed by atoms with Gasteiger partial charge in [0.2, 0.25) is 5.91 Å². The van der Waals surface area contributed by atoms with Gasteiger partial charge in [-0.25, -0.2) is 4.98 Å². The molecule has 2 amide bonds. The van der Waals surface area contributed by atoms with Crippen LogP contribution in [0.15, 0.2) is 12.4 Å². The zero-order chi connectivity index (χ0) is 16.1. The van der Waals surface area contributed by atoms with Crippen molar-refractivity contribution in [3.05, 3.63) is 23.8 Å². The van der Waals surface area contributed by atoms with Crippen molar-refractivity contribution >= 4 is 11.8 Å². The van der Waals surface area contributed by atoms with Crippen LogP contribution in [0, 0.1) is 12.8 Å². The minimum Gasteiger partial charge on any atom is -0.347 e. The van der Waals surface area contributed by atoms with Gasteiger partial charge in [0.05, 0.1) is 17.8 Å². The number of amides is 2. The molecule has 1 N–H and O–H groups in total. The number of aromatic nitrogens is 2. The largest absolute Gasteiger partial charge is 0.347 e. The molecule has 0 saturated heterocycles. The van der Waals surface area contributed by atoms with E-state index in [-0.39, 0.29) is 23.8 Å². The average molecular weight is 304 g/mol. The summed E-state index contributed by atoms with van der Waals surface area (Å²) in [6, 6.07) is -0.109. The molecule has 1 aliphatic carbocycles. The van der Waals surface area contributed by atoms with Crippen LogP contribution in [0.25, 0.3) is 0 Å². The maximum atomic E-state index is 12.5. The topological polar surface area (TPSA) is 75.2 Å². The van der Waals surface area contributed by atoms with Gasteiger partial charge in [0.25, 0.3) is 5.91 Å². The molecule has 120 valence electrons. The summed E-state index contributed by atoms with van der Waals surface area (Å²) in [5, 5.41) is 2.95. The van der Waals surface area contributed by atoms with Crippen LogP contribution in [-0.4, -0.2) is 46.3 Å². The van der Waals surface area contributed by atoms with Crippen LogP contribution in [0.5, 0.6) is 0 Å². The van der Waals surface area contributed by atoms with Crippen LogP contribution in [-0.2, 0) is 4.79 Å². The summed E-state index contributed by atoms with van der Waals surface area (Å²) in [5.74, 6) is -0.256. The molecule has 0 aromatic carbocycles. The number of rotatable bonds is 5. The van der Waals surface area contributed by atoms with Crippen LogP contribution in [0.3, 0.4) is 0 Å². The Morgan fingerprint density at radius 2 is 2.09 bits per heavy atom. The maximum absolute atomic E-state index is 12.5. The molecule has 6 heteroatoms. The Labute approximate surface area is 131 Å². The first-order chi connectivity index (χ1) is 10.5. The summed E-state index contributed by atoms with van der Waals surface area (Å²) in [5.41, 5.74) is 1.07. The second-order valence-corrected chi connectivity index (χ2v) is 5.92. The lowest BCUT2D eigenvalue weighted by molar-refractivity contribution is -0.134. The van der Waals surface area contributed by atoms with E-state index in [2.05, 4.69) is 15.3 Å². The van der Waals surface area contributed by atoms with Crippen LogP contribution in [0.4, 0.5) is 0 Å². The second kappa shape index (κ2) is 7.33. The van der Waals surface area contributed by atoms with E-state index < -0.39 is 0 Å². The molecule has 1 fully saturated rings. The Morgan fingerprint density at radius 1 is 1.32 bits per heavy atom. The van der Waals surface area contributed by atoms with Crippen molar-refractivity contribution in [3.8, 4) is 0 Å². The molecule has 1 aromatic heterocycles. The van der Waals surface area contributed by atoms with Crippen molar-refractivity contribution in [2.45, 2.75) is 45.6 Å². The van der Waals surface area contributed by atoms with E-state index >= 15 is 0 Å². The lowest BCUT2D eigenvalue weighted by atomic mass is 10.0. The van der Waals surface area contributed by atoms with Crippen molar-refractivity contribution in [1.82, 2.24) is 20.2 Å². The van der Waals surface area contributed by atoms with E-state index in [1.165, 1.54) is 6.20 Å². The van der Waals surface area contributed by atoms with Gasteiger partial charge in [0, 0.05) is 25.8 Å². The molecule has 1 aliphatic rings. The fourth-order valence-electron chi connectivity index (χ4n) is 2.91. The third-order valence-corrected chi connectivity index (χ3v) is 4.10. The number of hydrogen-bond donors (Lipinski definition) is 1. The minimum atomic E-state index is -0.254. The highest BCUT2D eigenvalue weighted by molar-refractivity contribution is 5.92. The molecular formula is C16H24N4O2. The average Bonchev–Trinajstić information content (AvgIpc) is 2.95. The van der Waals surface area contributed by atoms with Crippen LogP contribution in [0.2, 0.25) is 0 Å². The molecule has 0 bridgehead atoms. The first-order valence-corrected chi connectivity index (χ1v) is 7.87. The fraction of sp³-hybridized carbons (Fsp3) is 0.625. The number of aryl methyl sites for hydroxylation is 1.